The summed E-state index contributed by atoms with van der Waals surface area (Å²) >= 11 is 1.58. The molecule has 2 aromatic rings. The van der Waals surface area contributed by atoms with Crippen LogP contribution in [0.2, 0.25) is 0 Å². The molecule has 0 radical (unpaired) electrons. The maximum Gasteiger partial charge on any atom is 0.225 e. The van der Waals surface area contributed by atoms with Gasteiger partial charge >= 0.3 is 0 Å². The number of piperazine rings is 1. The molecule has 0 bridgehead atoms. The van der Waals surface area contributed by atoms with Crippen LogP contribution in [0, 0.1) is 5.82 Å². The predicted octanol–water partition coefficient (Wildman–Crippen LogP) is 2.53. The molecule has 0 N–H and O–H groups in total. The average Bonchev–Trinajstić information content (AvgIpc) is 2.58. The molecule has 1 aromatic heterocycles. The van der Waals surface area contributed by atoms with Crippen molar-refractivity contribution in [2.24, 2.45) is 0 Å². The van der Waals surface area contributed by atoms with Crippen LogP contribution in [-0.2, 0) is 0 Å². The second kappa shape index (κ2) is 7.56. The molecule has 0 unspecified atom stereocenters. The smallest absolute Gasteiger partial charge is 0.225 e. The molecule has 1 saturated heterocycles. The first-order chi connectivity index (χ1) is 10.8. The zero-order valence-electron chi connectivity index (χ0n) is 12.4. The normalized spacial score (nSPS) is 16.0. The monoisotopic (exact) mass is 318 g/mol. The van der Waals surface area contributed by atoms with Crippen LogP contribution in [0.3, 0.4) is 0 Å². The van der Waals surface area contributed by atoms with Gasteiger partial charge in [0.15, 0.2) is 0 Å². The lowest BCUT2D eigenvalue weighted by Gasteiger charge is -2.34. The van der Waals surface area contributed by atoms with Crippen LogP contribution in [0.1, 0.15) is 0 Å². The Morgan fingerprint density at radius 1 is 1.00 bits per heavy atom. The van der Waals surface area contributed by atoms with E-state index in [9.17, 15) is 4.39 Å². The number of halogens is 1. The Hall–Kier alpha value is -1.66. The quantitative estimate of drug-likeness (QED) is 0.791. The van der Waals surface area contributed by atoms with Gasteiger partial charge in [0.1, 0.15) is 5.82 Å². The molecule has 0 atom stereocenters. The first-order valence-corrected chi connectivity index (χ1v) is 8.43. The number of benzene rings is 1. The van der Waals surface area contributed by atoms with Gasteiger partial charge in [-0.05, 0) is 18.2 Å². The molecule has 0 amide bonds. The van der Waals surface area contributed by atoms with Gasteiger partial charge in [0.05, 0.1) is 0 Å². The first kappa shape index (κ1) is 15.2. The fourth-order valence-electron chi connectivity index (χ4n) is 2.47. The minimum absolute atomic E-state index is 0.126. The Bertz CT molecular complexity index is 588. The third kappa shape index (κ3) is 3.96. The van der Waals surface area contributed by atoms with Gasteiger partial charge in [-0.3, -0.25) is 4.90 Å². The minimum Gasteiger partial charge on any atom is -0.338 e. The Morgan fingerprint density at radius 2 is 1.73 bits per heavy atom. The molecular weight excluding hydrogens is 299 g/mol. The van der Waals surface area contributed by atoms with Crippen LogP contribution in [-0.4, -0.2) is 53.3 Å². The standard InChI is InChI=1S/C16H19FN4S/c17-14-4-1-2-5-15(14)22-13-12-20-8-10-21(11-9-20)16-18-6-3-7-19-16/h1-7H,8-13H2. The lowest BCUT2D eigenvalue weighted by atomic mass is 10.3. The molecule has 3 rings (SSSR count). The molecule has 4 nitrogen and oxygen atoms in total. The van der Waals surface area contributed by atoms with Crippen LogP contribution in [0.4, 0.5) is 10.3 Å². The number of anilines is 1. The van der Waals surface area contributed by atoms with Crippen molar-refractivity contribution in [1.29, 1.82) is 0 Å². The van der Waals surface area contributed by atoms with Gasteiger partial charge in [-0.2, -0.15) is 0 Å². The number of rotatable bonds is 5. The van der Waals surface area contributed by atoms with Gasteiger partial charge in [-0.25, -0.2) is 14.4 Å². The van der Waals surface area contributed by atoms with Gasteiger partial charge in [0, 0.05) is 55.8 Å². The Morgan fingerprint density at radius 3 is 2.45 bits per heavy atom. The molecule has 22 heavy (non-hydrogen) atoms. The van der Waals surface area contributed by atoms with Gasteiger partial charge in [-0.15, -0.1) is 11.8 Å². The maximum atomic E-state index is 13.5. The highest BCUT2D eigenvalue weighted by molar-refractivity contribution is 7.99. The Balaban J connectivity index is 1.42. The van der Waals surface area contributed by atoms with Crippen LogP contribution in [0.25, 0.3) is 0 Å². The molecule has 2 heterocycles. The van der Waals surface area contributed by atoms with Gasteiger partial charge in [0.2, 0.25) is 5.95 Å². The maximum absolute atomic E-state index is 13.5. The fourth-order valence-corrected chi connectivity index (χ4v) is 3.42. The number of hydrogen-bond acceptors (Lipinski definition) is 5. The summed E-state index contributed by atoms with van der Waals surface area (Å²) in [5.74, 6) is 1.59. The number of thioether (sulfide) groups is 1. The topological polar surface area (TPSA) is 32.3 Å². The molecule has 0 spiro atoms. The van der Waals surface area contributed by atoms with E-state index in [4.69, 9.17) is 0 Å². The summed E-state index contributed by atoms with van der Waals surface area (Å²) < 4.78 is 13.5. The van der Waals surface area contributed by atoms with Gasteiger partial charge < -0.3 is 4.90 Å². The second-order valence-electron chi connectivity index (χ2n) is 5.16. The largest absolute Gasteiger partial charge is 0.338 e. The van der Waals surface area contributed by atoms with Crippen LogP contribution < -0.4 is 4.90 Å². The van der Waals surface area contributed by atoms with E-state index < -0.39 is 0 Å². The molecular formula is C16H19FN4S. The molecule has 0 saturated carbocycles. The van der Waals surface area contributed by atoms with Crippen molar-refractivity contribution in [3.8, 4) is 0 Å². The predicted molar refractivity (Wildman–Crippen MR) is 87.8 cm³/mol. The van der Waals surface area contributed by atoms with Crippen molar-refractivity contribution in [3.05, 3.63) is 48.5 Å². The fraction of sp³-hybridized carbons (Fsp3) is 0.375. The van der Waals surface area contributed by atoms with E-state index in [2.05, 4.69) is 19.8 Å². The highest BCUT2D eigenvalue weighted by Gasteiger charge is 2.18. The van der Waals surface area contributed by atoms with Crippen molar-refractivity contribution < 1.29 is 4.39 Å². The second-order valence-corrected chi connectivity index (χ2v) is 6.29. The van der Waals surface area contributed by atoms with E-state index in [-0.39, 0.29) is 5.82 Å². The lowest BCUT2D eigenvalue weighted by molar-refractivity contribution is 0.272. The summed E-state index contributed by atoms with van der Waals surface area (Å²) in [5, 5.41) is 0. The minimum atomic E-state index is -0.126. The summed E-state index contributed by atoms with van der Waals surface area (Å²) in [6, 6.07) is 8.79. The Kier molecular flexibility index (Phi) is 5.24. The molecule has 1 aromatic carbocycles. The summed E-state index contributed by atoms with van der Waals surface area (Å²) in [6.07, 6.45) is 3.56. The van der Waals surface area contributed by atoms with Gasteiger partial charge in [-0.1, -0.05) is 12.1 Å². The van der Waals surface area contributed by atoms with Crippen molar-refractivity contribution in [2.75, 3.05) is 43.4 Å². The van der Waals surface area contributed by atoms with E-state index in [0.29, 0.717) is 0 Å². The van der Waals surface area contributed by atoms with E-state index >= 15 is 0 Å². The molecule has 1 fully saturated rings. The van der Waals surface area contributed by atoms with E-state index in [1.54, 1.807) is 30.2 Å². The van der Waals surface area contributed by atoms with Crippen molar-refractivity contribution in [1.82, 2.24) is 14.9 Å². The van der Waals surface area contributed by atoms with Crippen molar-refractivity contribution in [2.45, 2.75) is 4.90 Å². The first-order valence-electron chi connectivity index (χ1n) is 7.44. The number of aromatic nitrogens is 2. The molecule has 1 aliphatic rings. The third-order valence-electron chi connectivity index (χ3n) is 3.71. The summed E-state index contributed by atoms with van der Waals surface area (Å²) in [7, 11) is 0. The van der Waals surface area contributed by atoms with Crippen molar-refractivity contribution in [3.63, 3.8) is 0 Å². The highest BCUT2D eigenvalue weighted by atomic mass is 32.2. The molecule has 0 aliphatic carbocycles. The summed E-state index contributed by atoms with van der Waals surface area (Å²) in [4.78, 5) is 13.9. The number of nitrogens with zero attached hydrogens (tertiary/aromatic N) is 4. The van der Waals surface area contributed by atoms with E-state index in [1.165, 1.54) is 6.07 Å². The molecule has 6 heteroatoms. The average molecular weight is 318 g/mol. The van der Waals surface area contributed by atoms with E-state index in [1.807, 2.05) is 18.2 Å². The number of hydrogen-bond donors (Lipinski definition) is 0. The molecule has 1 aliphatic heterocycles. The van der Waals surface area contributed by atoms with Crippen molar-refractivity contribution >= 4 is 17.7 Å². The van der Waals surface area contributed by atoms with E-state index in [0.717, 1.165) is 49.3 Å². The van der Waals surface area contributed by atoms with Crippen LogP contribution >= 0.6 is 11.8 Å². The summed E-state index contributed by atoms with van der Waals surface area (Å²) in [6.45, 7) is 4.84. The highest BCUT2D eigenvalue weighted by Crippen LogP contribution is 2.21. The van der Waals surface area contributed by atoms with Gasteiger partial charge in [0.25, 0.3) is 0 Å². The lowest BCUT2D eigenvalue weighted by Crippen LogP contribution is -2.47. The SMILES string of the molecule is Fc1ccccc1SCCN1CCN(c2ncccn2)CC1. The van der Waals surface area contributed by atoms with Crippen LogP contribution in [0.15, 0.2) is 47.6 Å². The summed E-state index contributed by atoms with van der Waals surface area (Å²) in [5.41, 5.74) is 0. The van der Waals surface area contributed by atoms with Crippen LogP contribution in [0.5, 0.6) is 0 Å². The zero-order valence-corrected chi connectivity index (χ0v) is 13.2. The Labute approximate surface area is 134 Å². The third-order valence-corrected chi connectivity index (χ3v) is 4.74. The molecule has 116 valence electrons. The zero-order chi connectivity index (χ0) is 15.2.